The standard InChI is InChI=1S/C15H24N4O5S2/c1-4-24-14(21)7-12-10-25-15(16-12)17-13(20)9-18-5-6-19(8-11(18)2)26(3,22)23/h10-11H,4-9H2,1-3H3,(H,16,17,20). The average molecular weight is 405 g/mol. The number of ether oxygens (including phenoxy) is 1. The summed E-state index contributed by atoms with van der Waals surface area (Å²) in [4.78, 5) is 29.8. The highest BCUT2D eigenvalue weighted by atomic mass is 32.2. The number of anilines is 1. The van der Waals surface area contributed by atoms with Crippen molar-refractivity contribution in [1.82, 2.24) is 14.2 Å². The molecule has 1 aliphatic rings. The Hall–Kier alpha value is -1.56. The van der Waals surface area contributed by atoms with E-state index in [-0.39, 0.29) is 30.9 Å². The number of nitrogens with one attached hydrogen (secondary N) is 1. The predicted molar refractivity (Wildman–Crippen MR) is 98.5 cm³/mol. The SMILES string of the molecule is CCOC(=O)Cc1csc(NC(=O)CN2CCN(S(C)(=O)=O)CC2C)n1. The summed E-state index contributed by atoms with van der Waals surface area (Å²) in [6.07, 6.45) is 1.27. The summed E-state index contributed by atoms with van der Waals surface area (Å²) in [6.45, 7) is 5.34. The summed E-state index contributed by atoms with van der Waals surface area (Å²) in [5.74, 6) is -0.574. The van der Waals surface area contributed by atoms with Gasteiger partial charge in [-0.15, -0.1) is 11.3 Å². The zero-order chi connectivity index (χ0) is 19.3. The third-order valence-corrected chi connectivity index (χ3v) is 6.05. The molecule has 1 aromatic rings. The van der Waals surface area contributed by atoms with Gasteiger partial charge in [0.25, 0.3) is 0 Å². The van der Waals surface area contributed by atoms with Gasteiger partial charge >= 0.3 is 5.97 Å². The van der Waals surface area contributed by atoms with Crippen LogP contribution in [0.1, 0.15) is 19.5 Å². The van der Waals surface area contributed by atoms with Gasteiger partial charge in [-0.2, -0.15) is 4.31 Å². The largest absolute Gasteiger partial charge is 0.466 e. The van der Waals surface area contributed by atoms with Crippen LogP contribution in [0.4, 0.5) is 5.13 Å². The maximum absolute atomic E-state index is 12.2. The number of esters is 1. The minimum absolute atomic E-state index is 0.0557. The third kappa shape index (κ3) is 6.01. The summed E-state index contributed by atoms with van der Waals surface area (Å²) in [5, 5.41) is 4.86. The van der Waals surface area contributed by atoms with Crippen LogP contribution < -0.4 is 5.32 Å². The number of aromatic nitrogens is 1. The number of nitrogens with zero attached hydrogens (tertiary/aromatic N) is 3. The molecule has 1 saturated heterocycles. The Labute approximate surface area is 157 Å². The van der Waals surface area contributed by atoms with Crippen LogP contribution in [0.3, 0.4) is 0 Å². The lowest BCUT2D eigenvalue weighted by Crippen LogP contribution is -2.54. The Bertz CT molecular complexity index is 749. The van der Waals surface area contributed by atoms with Gasteiger partial charge in [0.1, 0.15) is 0 Å². The van der Waals surface area contributed by atoms with E-state index < -0.39 is 10.0 Å². The van der Waals surface area contributed by atoms with Crippen molar-refractivity contribution < 1.29 is 22.7 Å². The van der Waals surface area contributed by atoms with Crippen molar-refractivity contribution in [2.24, 2.45) is 0 Å². The highest BCUT2D eigenvalue weighted by molar-refractivity contribution is 7.88. The second-order valence-electron chi connectivity index (χ2n) is 6.11. The van der Waals surface area contributed by atoms with Crippen molar-refractivity contribution in [3.05, 3.63) is 11.1 Å². The molecule has 0 aliphatic carbocycles. The lowest BCUT2D eigenvalue weighted by Gasteiger charge is -2.38. The summed E-state index contributed by atoms with van der Waals surface area (Å²) < 4.78 is 29.5. The molecule has 9 nitrogen and oxygen atoms in total. The number of carbonyl (C=O) groups is 2. The van der Waals surface area contributed by atoms with Gasteiger partial charge in [-0.1, -0.05) is 0 Å². The van der Waals surface area contributed by atoms with Crippen LogP contribution in [0.15, 0.2) is 5.38 Å². The van der Waals surface area contributed by atoms with Gasteiger partial charge in [0.2, 0.25) is 15.9 Å². The maximum atomic E-state index is 12.2. The van der Waals surface area contributed by atoms with E-state index in [2.05, 4.69) is 10.3 Å². The summed E-state index contributed by atoms with van der Waals surface area (Å²) in [6, 6.07) is -0.0557. The van der Waals surface area contributed by atoms with Gasteiger partial charge < -0.3 is 10.1 Å². The van der Waals surface area contributed by atoms with E-state index in [1.54, 1.807) is 12.3 Å². The van der Waals surface area contributed by atoms with Crippen molar-refractivity contribution in [3.63, 3.8) is 0 Å². The fourth-order valence-corrected chi connectivity index (χ4v) is 4.27. The van der Waals surface area contributed by atoms with Crippen molar-refractivity contribution >= 4 is 38.4 Å². The molecule has 1 amide bonds. The van der Waals surface area contributed by atoms with E-state index in [1.165, 1.54) is 21.9 Å². The van der Waals surface area contributed by atoms with Gasteiger partial charge in [0, 0.05) is 31.1 Å². The highest BCUT2D eigenvalue weighted by Crippen LogP contribution is 2.17. The van der Waals surface area contributed by atoms with E-state index >= 15 is 0 Å². The predicted octanol–water partition coefficient (Wildman–Crippen LogP) is 0.153. The number of thiazole rings is 1. The Morgan fingerprint density at radius 1 is 1.42 bits per heavy atom. The monoisotopic (exact) mass is 404 g/mol. The molecule has 146 valence electrons. The van der Waals surface area contributed by atoms with Crippen LogP contribution in [0.5, 0.6) is 0 Å². The molecule has 1 fully saturated rings. The Morgan fingerprint density at radius 3 is 2.77 bits per heavy atom. The first kappa shape index (κ1) is 20.7. The zero-order valence-electron chi connectivity index (χ0n) is 15.1. The van der Waals surface area contributed by atoms with Crippen LogP contribution in [-0.4, -0.2) is 79.6 Å². The molecular weight excluding hydrogens is 380 g/mol. The fourth-order valence-electron chi connectivity index (χ4n) is 2.65. The van der Waals surface area contributed by atoms with Crippen LogP contribution in [-0.2, 0) is 30.8 Å². The summed E-state index contributed by atoms with van der Waals surface area (Å²) in [7, 11) is -3.21. The van der Waals surface area contributed by atoms with Gasteiger partial charge in [-0.3, -0.25) is 14.5 Å². The molecular formula is C15H24N4O5S2. The molecule has 0 saturated carbocycles. The van der Waals surface area contributed by atoms with Crippen LogP contribution in [0.2, 0.25) is 0 Å². The van der Waals surface area contributed by atoms with Gasteiger partial charge in [0.05, 0.1) is 31.5 Å². The average Bonchev–Trinajstić information content (AvgIpc) is 2.95. The van der Waals surface area contributed by atoms with E-state index in [0.29, 0.717) is 37.1 Å². The topological polar surface area (TPSA) is 109 Å². The van der Waals surface area contributed by atoms with Crippen molar-refractivity contribution in [3.8, 4) is 0 Å². The van der Waals surface area contributed by atoms with Crippen molar-refractivity contribution in [2.75, 3.05) is 44.4 Å². The lowest BCUT2D eigenvalue weighted by atomic mass is 10.2. The highest BCUT2D eigenvalue weighted by Gasteiger charge is 2.29. The normalized spacial score (nSPS) is 19.3. The van der Waals surface area contributed by atoms with Crippen LogP contribution >= 0.6 is 11.3 Å². The van der Waals surface area contributed by atoms with E-state index in [0.717, 1.165) is 0 Å². The molecule has 0 aromatic carbocycles. The van der Waals surface area contributed by atoms with Crippen LogP contribution in [0, 0.1) is 0 Å². The fraction of sp³-hybridized carbons (Fsp3) is 0.667. The molecule has 0 radical (unpaired) electrons. The number of amides is 1. The molecule has 0 spiro atoms. The second kappa shape index (κ2) is 8.89. The quantitative estimate of drug-likeness (QED) is 0.645. The number of piperazine rings is 1. The molecule has 1 aliphatic heterocycles. The smallest absolute Gasteiger partial charge is 0.311 e. The number of rotatable bonds is 7. The molecule has 11 heteroatoms. The molecule has 0 bridgehead atoms. The van der Waals surface area contributed by atoms with Gasteiger partial charge in [-0.05, 0) is 13.8 Å². The van der Waals surface area contributed by atoms with Gasteiger partial charge in [0.15, 0.2) is 5.13 Å². The number of sulfonamides is 1. The number of hydrogen-bond donors (Lipinski definition) is 1. The summed E-state index contributed by atoms with van der Waals surface area (Å²) >= 11 is 1.25. The first-order valence-corrected chi connectivity index (χ1v) is 11.0. The minimum atomic E-state index is -3.21. The maximum Gasteiger partial charge on any atom is 0.311 e. The minimum Gasteiger partial charge on any atom is -0.466 e. The summed E-state index contributed by atoms with van der Waals surface area (Å²) in [5.41, 5.74) is 0.555. The first-order chi connectivity index (χ1) is 12.2. The Morgan fingerprint density at radius 2 is 2.15 bits per heavy atom. The zero-order valence-corrected chi connectivity index (χ0v) is 16.7. The van der Waals surface area contributed by atoms with Crippen molar-refractivity contribution in [2.45, 2.75) is 26.3 Å². The molecule has 2 rings (SSSR count). The number of hydrogen-bond acceptors (Lipinski definition) is 8. The molecule has 26 heavy (non-hydrogen) atoms. The third-order valence-electron chi connectivity index (χ3n) is 3.97. The molecule has 1 unspecified atom stereocenters. The van der Waals surface area contributed by atoms with Crippen LogP contribution in [0.25, 0.3) is 0 Å². The number of carbonyl (C=O) groups excluding carboxylic acids is 2. The van der Waals surface area contributed by atoms with Crippen molar-refractivity contribution in [1.29, 1.82) is 0 Å². The van der Waals surface area contributed by atoms with E-state index in [4.69, 9.17) is 4.74 Å². The molecule has 1 aromatic heterocycles. The molecule has 1 atom stereocenters. The Balaban J connectivity index is 1.84. The van der Waals surface area contributed by atoms with Gasteiger partial charge in [-0.25, -0.2) is 13.4 Å². The van der Waals surface area contributed by atoms with E-state index in [1.807, 2.05) is 11.8 Å². The Kier molecular flexibility index (Phi) is 7.09. The first-order valence-electron chi connectivity index (χ1n) is 8.28. The van der Waals surface area contributed by atoms with E-state index in [9.17, 15) is 18.0 Å². The molecule has 1 N–H and O–H groups in total. The second-order valence-corrected chi connectivity index (χ2v) is 8.96. The molecule has 2 heterocycles. The lowest BCUT2D eigenvalue weighted by molar-refractivity contribution is -0.142.